The number of aryl methyl sites for hydroxylation is 1. The summed E-state index contributed by atoms with van der Waals surface area (Å²) in [6, 6.07) is 14.7. The number of halogens is 1. The lowest BCUT2D eigenvalue weighted by atomic mass is 9.94. The van der Waals surface area contributed by atoms with E-state index in [1.165, 1.54) is 11.6 Å². The summed E-state index contributed by atoms with van der Waals surface area (Å²) in [5.41, 5.74) is 9.59. The van der Waals surface area contributed by atoms with E-state index in [0.29, 0.717) is 6.42 Å². The molecule has 0 saturated heterocycles. The third-order valence-corrected chi connectivity index (χ3v) is 3.18. The van der Waals surface area contributed by atoms with Gasteiger partial charge >= 0.3 is 0 Å². The van der Waals surface area contributed by atoms with E-state index in [1.54, 1.807) is 12.1 Å². The first-order chi connectivity index (χ1) is 8.70. The van der Waals surface area contributed by atoms with Gasteiger partial charge in [-0.25, -0.2) is 4.39 Å². The Morgan fingerprint density at radius 1 is 1.11 bits per heavy atom. The molecule has 1 nitrogen and oxygen atoms in total. The van der Waals surface area contributed by atoms with Gasteiger partial charge in [0.05, 0.1) is 0 Å². The Hall–Kier alpha value is -1.67. The van der Waals surface area contributed by atoms with Gasteiger partial charge in [-0.3, -0.25) is 0 Å². The summed E-state index contributed by atoms with van der Waals surface area (Å²) in [6.07, 6.45) is 1.63. The Bertz CT molecular complexity index is 522. The van der Waals surface area contributed by atoms with Crippen LogP contribution in [0.15, 0.2) is 48.5 Å². The zero-order valence-corrected chi connectivity index (χ0v) is 10.6. The molecule has 0 saturated carbocycles. The van der Waals surface area contributed by atoms with Crippen LogP contribution >= 0.6 is 0 Å². The first-order valence-corrected chi connectivity index (χ1v) is 6.28. The maximum atomic E-state index is 13.1. The fraction of sp³-hybridized carbons (Fsp3) is 0.250. The van der Waals surface area contributed by atoms with Crippen molar-refractivity contribution in [3.63, 3.8) is 0 Å². The van der Waals surface area contributed by atoms with Crippen molar-refractivity contribution < 1.29 is 4.39 Å². The second-order valence-corrected chi connectivity index (χ2v) is 4.49. The van der Waals surface area contributed by atoms with Crippen molar-refractivity contribution >= 4 is 0 Å². The van der Waals surface area contributed by atoms with Gasteiger partial charge in [-0.05, 0) is 41.7 Å². The summed E-state index contributed by atoms with van der Waals surface area (Å²) in [7, 11) is 0. The zero-order chi connectivity index (χ0) is 13.0. The second-order valence-electron chi connectivity index (χ2n) is 4.49. The SMILES string of the molecule is CCc1ccccc1C(N)Cc1cccc(F)c1. The molecule has 0 aliphatic heterocycles. The van der Waals surface area contributed by atoms with Crippen molar-refractivity contribution in [1.82, 2.24) is 0 Å². The molecular weight excluding hydrogens is 225 g/mol. The van der Waals surface area contributed by atoms with Crippen LogP contribution in [-0.4, -0.2) is 0 Å². The lowest BCUT2D eigenvalue weighted by Crippen LogP contribution is -2.15. The highest BCUT2D eigenvalue weighted by atomic mass is 19.1. The monoisotopic (exact) mass is 243 g/mol. The minimum absolute atomic E-state index is 0.0806. The molecule has 2 N–H and O–H groups in total. The Balaban J connectivity index is 2.19. The average Bonchev–Trinajstić information content (AvgIpc) is 2.38. The second kappa shape index (κ2) is 5.78. The van der Waals surface area contributed by atoms with E-state index in [4.69, 9.17) is 5.73 Å². The molecule has 1 atom stereocenters. The number of hydrogen-bond acceptors (Lipinski definition) is 1. The maximum absolute atomic E-state index is 13.1. The first-order valence-electron chi connectivity index (χ1n) is 6.28. The van der Waals surface area contributed by atoms with E-state index in [-0.39, 0.29) is 11.9 Å². The molecular formula is C16H18FN. The smallest absolute Gasteiger partial charge is 0.123 e. The molecule has 0 aliphatic rings. The van der Waals surface area contributed by atoms with Gasteiger partial charge in [0.15, 0.2) is 0 Å². The normalized spacial score (nSPS) is 12.4. The lowest BCUT2D eigenvalue weighted by Gasteiger charge is -2.16. The number of nitrogens with two attached hydrogens (primary N) is 1. The van der Waals surface area contributed by atoms with E-state index in [2.05, 4.69) is 19.1 Å². The van der Waals surface area contributed by atoms with Gasteiger partial charge in [-0.15, -0.1) is 0 Å². The summed E-state index contributed by atoms with van der Waals surface area (Å²) < 4.78 is 13.1. The van der Waals surface area contributed by atoms with Crippen molar-refractivity contribution in [2.24, 2.45) is 5.73 Å². The molecule has 0 bridgehead atoms. The van der Waals surface area contributed by atoms with Crippen molar-refractivity contribution in [2.45, 2.75) is 25.8 Å². The topological polar surface area (TPSA) is 26.0 Å². The van der Waals surface area contributed by atoms with Gasteiger partial charge in [-0.1, -0.05) is 43.3 Å². The fourth-order valence-electron chi connectivity index (χ4n) is 2.25. The summed E-state index contributed by atoms with van der Waals surface area (Å²) in [4.78, 5) is 0. The molecule has 2 aromatic rings. The average molecular weight is 243 g/mol. The van der Waals surface area contributed by atoms with Crippen LogP contribution in [-0.2, 0) is 12.8 Å². The highest BCUT2D eigenvalue weighted by molar-refractivity contribution is 5.31. The Morgan fingerprint density at radius 2 is 1.89 bits per heavy atom. The van der Waals surface area contributed by atoms with Gasteiger partial charge < -0.3 is 5.73 Å². The molecule has 0 heterocycles. The van der Waals surface area contributed by atoms with E-state index in [9.17, 15) is 4.39 Å². The minimum atomic E-state index is -0.205. The maximum Gasteiger partial charge on any atom is 0.123 e. The van der Waals surface area contributed by atoms with Crippen molar-refractivity contribution in [2.75, 3.05) is 0 Å². The molecule has 94 valence electrons. The van der Waals surface area contributed by atoms with Crippen LogP contribution in [0.3, 0.4) is 0 Å². The molecule has 2 heteroatoms. The Kier molecular flexibility index (Phi) is 4.11. The highest BCUT2D eigenvalue weighted by Crippen LogP contribution is 2.20. The van der Waals surface area contributed by atoms with Crippen molar-refractivity contribution in [1.29, 1.82) is 0 Å². The summed E-state index contributed by atoms with van der Waals surface area (Å²) in [6.45, 7) is 2.12. The molecule has 0 aromatic heterocycles. The molecule has 0 fully saturated rings. The third-order valence-electron chi connectivity index (χ3n) is 3.18. The Morgan fingerprint density at radius 3 is 2.61 bits per heavy atom. The van der Waals surface area contributed by atoms with Crippen LogP contribution in [0.25, 0.3) is 0 Å². The molecule has 0 amide bonds. The molecule has 18 heavy (non-hydrogen) atoms. The summed E-state index contributed by atoms with van der Waals surface area (Å²) in [5, 5.41) is 0. The number of rotatable bonds is 4. The number of benzene rings is 2. The third kappa shape index (κ3) is 2.96. The van der Waals surface area contributed by atoms with Crippen LogP contribution in [0.5, 0.6) is 0 Å². The van der Waals surface area contributed by atoms with Gasteiger partial charge in [0.2, 0.25) is 0 Å². The fourth-order valence-corrected chi connectivity index (χ4v) is 2.25. The predicted molar refractivity (Wildman–Crippen MR) is 72.9 cm³/mol. The van der Waals surface area contributed by atoms with Crippen LogP contribution in [0.4, 0.5) is 4.39 Å². The van der Waals surface area contributed by atoms with Crippen molar-refractivity contribution in [3.8, 4) is 0 Å². The van der Waals surface area contributed by atoms with Crippen LogP contribution in [0, 0.1) is 5.82 Å². The van der Waals surface area contributed by atoms with Gasteiger partial charge in [0.25, 0.3) is 0 Å². The van der Waals surface area contributed by atoms with Gasteiger partial charge in [0, 0.05) is 6.04 Å². The first kappa shape index (κ1) is 12.8. The van der Waals surface area contributed by atoms with E-state index >= 15 is 0 Å². The van der Waals surface area contributed by atoms with Gasteiger partial charge in [0.1, 0.15) is 5.82 Å². The molecule has 0 spiro atoms. The highest BCUT2D eigenvalue weighted by Gasteiger charge is 2.10. The quantitative estimate of drug-likeness (QED) is 0.871. The predicted octanol–water partition coefficient (Wildman–Crippen LogP) is 3.63. The van der Waals surface area contributed by atoms with E-state index in [0.717, 1.165) is 17.5 Å². The van der Waals surface area contributed by atoms with E-state index in [1.807, 2.05) is 18.2 Å². The van der Waals surface area contributed by atoms with Crippen LogP contribution < -0.4 is 5.73 Å². The molecule has 2 rings (SSSR count). The van der Waals surface area contributed by atoms with Gasteiger partial charge in [-0.2, -0.15) is 0 Å². The van der Waals surface area contributed by atoms with E-state index < -0.39 is 0 Å². The minimum Gasteiger partial charge on any atom is -0.324 e. The standard InChI is InChI=1S/C16H18FN/c1-2-13-7-3-4-9-15(13)16(18)11-12-6-5-8-14(17)10-12/h3-10,16H,2,11,18H2,1H3. The van der Waals surface area contributed by atoms with Crippen LogP contribution in [0.2, 0.25) is 0 Å². The summed E-state index contributed by atoms with van der Waals surface area (Å²) >= 11 is 0. The van der Waals surface area contributed by atoms with Crippen LogP contribution in [0.1, 0.15) is 29.7 Å². The summed E-state index contributed by atoms with van der Waals surface area (Å²) in [5.74, 6) is -0.205. The largest absolute Gasteiger partial charge is 0.324 e. The molecule has 1 unspecified atom stereocenters. The molecule has 0 radical (unpaired) electrons. The molecule has 2 aromatic carbocycles. The molecule has 0 aliphatic carbocycles. The zero-order valence-electron chi connectivity index (χ0n) is 10.6. The number of hydrogen-bond donors (Lipinski definition) is 1. The van der Waals surface area contributed by atoms with Crippen molar-refractivity contribution in [3.05, 3.63) is 71.0 Å². The Labute approximate surface area is 107 Å². The lowest BCUT2D eigenvalue weighted by molar-refractivity contribution is 0.621.